The van der Waals surface area contributed by atoms with Crippen molar-refractivity contribution in [2.45, 2.75) is 0 Å². The summed E-state index contributed by atoms with van der Waals surface area (Å²) < 4.78 is 0. The molecule has 0 saturated carbocycles. The number of H-pyrrole nitrogens is 1. The van der Waals surface area contributed by atoms with E-state index in [2.05, 4.69) is 9.97 Å². The predicted molar refractivity (Wildman–Crippen MR) is 101 cm³/mol. The maximum Gasteiger partial charge on any atom is 0.250 e. The number of aromatic nitrogens is 2. The van der Waals surface area contributed by atoms with Crippen molar-refractivity contribution in [3.63, 3.8) is 0 Å². The van der Waals surface area contributed by atoms with Crippen molar-refractivity contribution in [1.82, 2.24) is 9.97 Å². The first-order valence-electron chi connectivity index (χ1n) is 8.11. The van der Waals surface area contributed by atoms with Crippen LogP contribution in [0.25, 0.3) is 33.5 Å². The van der Waals surface area contributed by atoms with Crippen LogP contribution < -0.4 is 5.73 Å². The molecule has 0 radical (unpaired) electrons. The van der Waals surface area contributed by atoms with Gasteiger partial charge in [-0.1, -0.05) is 54.6 Å². The lowest BCUT2D eigenvalue weighted by molar-refractivity contribution is 0.100. The first-order valence-corrected chi connectivity index (χ1v) is 8.11. The van der Waals surface area contributed by atoms with E-state index in [9.17, 15) is 9.59 Å². The Morgan fingerprint density at radius 1 is 0.923 bits per heavy atom. The maximum absolute atomic E-state index is 11.6. The number of aromatic amines is 1. The number of primary amides is 1. The summed E-state index contributed by atoms with van der Waals surface area (Å²) in [7, 11) is 0. The molecule has 1 amide bonds. The molecule has 26 heavy (non-hydrogen) atoms. The fourth-order valence-corrected chi connectivity index (χ4v) is 3.04. The van der Waals surface area contributed by atoms with Gasteiger partial charge in [-0.15, -0.1) is 0 Å². The Morgan fingerprint density at radius 2 is 1.65 bits per heavy atom. The summed E-state index contributed by atoms with van der Waals surface area (Å²) in [4.78, 5) is 30.5. The molecule has 0 saturated heterocycles. The largest absolute Gasteiger partial charge is 0.366 e. The Hall–Kier alpha value is -3.73. The van der Waals surface area contributed by atoms with Gasteiger partial charge in [-0.2, -0.15) is 0 Å². The van der Waals surface area contributed by atoms with Crippen LogP contribution >= 0.6 is 0 Å². The van der Waals surface area contributed by atoms with E-state index >= 15 is 0 Å². The molecule has 0 atom stereocenters. The molecule has 1 heterocycles. The quantitative estimate of drug-likeness (QED) is 0.553. The molecular weight excluding hydrogens is 326 g/mol. The summed E-state index contributed by atoms with van der Waals surface area (Å²) >= 11 is 0. The zero-order valence-electron chi connectivity index (χ0n) is 13.8. The Morgan fingerprint density at radius 3 is 2.38 bits per heavy atom. The number of carbonyl (C=O) groups is 2. The average Bonchev–Trinajstić information content (AvgIpc) is 3.12. The van der Waals surface area contributed by atoms with Gasteiger partial charge in [-0.05, 0) is 23.3 Å². The van der Waals surface area contributed by atoms with Crippen molar-refractivity contribution in [3.05, 3.63) is 77.9 Å². The van der Waals surface area contributed by atoms with E-state index in [4.69, 9.17) is 5.73 Å². The summed E-state index contributed by atoms with van der Waals surface area (Å²) in [6.07, 6.45) is 0.855. The Bertz CT molecular complexity index is 1130. The Balaban J connectivity index is 1.76. The molecule has 0 unspecified atom stereocenters. The molecule has 5 heteroatoms. The number of hydrogen-bond acceptors (Lipinski definition) is 3. The third kappa shape index (κ3) is 2.65. The highest BCUT2D eigenvalue weighted by atomic mass is 16.1. The lowest BCUT2D eigenvalue weighted by Crippen LogP contribution is -2.11. The van der Waals surface area contributed by atoms with Gasteiger partial charge in [-0.25, -0.2) is 4.98 Å². The Labute approximate surface area is 149 Å². The highest BCUT2D eigenvalue weighted by molar-refractivity contribution is 6.04. The van der Waals surface area contributed by atoms with Gasteiger partial charge < -0.3 is 10.7 Å². The molecule has 0 aliphatic carbocycles. The number of imidazole rings is 1. The fourth-order valence-electron chi connectivity index (χ4n) is 3.04. The number of benzene rings is 3. The van der Waals surface area contributed by atoms with Crippen LogP contribution in [0.4, 0.5) is 0 Å². The second-order valence-corrected chi connectivity index (χ2v) is 5.93. The highest BCUT2D eigenvalue weighted by Gasteiger charge is 2.12. The van der Waals surface area contributed by atoms with Crippen molar-refractivity contribution in [2.75, 3.05) is 0 Å². The van der Waals surface area contributed by atoms with E-state index in [0.717, 1.165) is 28.5 Å². The SMILES string of the molecule is NC(=O)c1cccc2[nH]c(-c3ccc(-c4ccccc4C=O)cc3)nc12. The van der Waals surface area contributed by atoms with E-state index in [-0.39, 0.29) is 0 Å². The average molecular weight is 341 g/mol. The van der Waals surface area contributed by atoms with Gasteiger partial charge >= 0.3 is 0 Å². The minimum absolute atomic E-state index is 0.390. The molecule has 3 aromatic carbocycles. The lowest BCUT2D eigenvalue weighted by atomic mass is 9.99. The first-order chi connectivity index (χ1) is 12.7. The second kappa shape index (κ2) is 6.29. The van der Waals surface area contributed by atoms with Crippen LogP contribution in [0, 0.1) is 0 Å². The van der Waals surface area contributed by atoms with Crippen LogP contribution in [-0.4, -0.2) is 22.2 Å². The molecule has 0 spiro atoms. The van der Waals surface area contributed by atoms with Crippen molar-refractivity contribution >= 4 is 23.2 Å². The maximum atomic E-state index is 11.6. The van der Waals surface area contributed by atoms with Crippen LogP contribution in [0.5, 0.6) is 0 Å². The molecule has 0 bridgehead atoms. The molecule has 4 rings (SSSR count). The molecule has 5 nitrogen and oxygen atoms in total. The normalized spacial score (nSPS) is 10.8. The van der Waals surface area contributed by atoms with Gasteiger partial charge in [0.2, 0.25) is 0 Å². The number of amides is 1. The number of nitrogens with two attached hydrogens (primary N) is 1. The van der Waals surface area contributed by atoms with Crippen LogP contribution in [0.3, 0.4) is 0 Å². The molecule has 3 N–H and O–H groups in total. The summed E-state index contributed by atoms with van der Waals surface area (Å²) in [5.74, 6) is 0.151. The number of aldehydes is 1. The number of nitrogens with one attached hydrogen (secondary N) is 1. The molecule has 0 aliphatic rings. The van der Waals surface area contributed by atoms with E-state index in [1.54, 1.807) is 18.2 Å². The Kier molecular flexibility index (Phi) is 3.82. The fraction of sp³-hybridized carbons (Fsp3) is 0. The lowest BCUT2D eigenvalue weighted by Gasteiger charge is -2.05. The van der Waals surface area contributed by atoms with Gasteiger partial charge in [-0.3, -0.25) is 9.59 Å². The summed E-state index contributed by atoms with van der Waals surface area (Å²) in [6, 6.07) is 20.5. The topological polar surface area (TPSA) is 88.8 Å². The van der Waals surface area contributed by atoms with Crippen LogP contribution in [0.1, 0.15) is 20.7 Å². The van der Waals surface area contributed by atoms with Crippen molar-refractivity contribution in [3.8, 4) is 22.5 Å². The van der Waals surface area contributed by atoms with E-state index in [0.29, 0.717) is 22.5 Å². The van der Waals surface area contributed by atoms with Gasteiger partial charge in [0.1, 0.15) is 11.3 Å². The zero-order valence-corrected chi connectivity index (χ0v) is 13.8. The summed E-state index contributed by atoms with van der Waals surface area (Å²) in [5, 5.41) is 0. The van der Waals surface area contributed by atoms with E-state index < -0.39 is 5.91 Å². The molecular formula is C21H15N3O2. The van der Waals surface area contributed by atoms with E-state index in [1.807, 2.05) is 48.5 Å². The van der Waals surface area contributed by atoms with Gasteiger partial charge in [0.05, 0.1) is 11.1 Å². The van der Waals surface area contributed by atoms with Gasteiger partial charge in [0.15, 0.2) is 6.29 Å². The molecule has 4 aromatic rings. The molecule has 0 aliphatic heterocycles. The van der Waals surface area contributed by atoms with Crippen molar-refractivity contribution in [2.24, 2.45) is 5.73 Å². The monoisotopic (exact) mass is 341 g/mol. The smallest absolute Gasteiger partial charge is 0.250 e. The number of hydrogen-bond donors (Lipinski definition) is 2. The van der Waals surface area contributed by atoms with E-state index in [1.165, 1.54) is 0 Å². The predicted octanol–water partition coefficient (Wildman–Crippen LogP) is 3.81. The number of carbonyl (C=O) groups excluding carboxylic acids is 2. The third-order valence-corrected chi connectivity index (χ3v) is 4.34. The first kappa shape index (κ1) is 15.8. The van der Waals surface area contributed by atoms with Crippen LogP contribution in [-0.2, 0) is 0 Å². The molecule has 1 aromatic heterocycles. The van der Waals surface area contributed by atoms with Gasteiger partial charge in [0, 0.05) is 11.1 Å². The zero-order chi connectivity index (χ0) is 18.1. The highest BCUT2D eigenvalue weighted by Crippen LogP contribution is 2.27. The number of nitrogens with zero attached hydrogens (tertiary/aromatic N) is 1. The van der Waals surface area contributed by atoms with Gasteiger partial charge in [0.25, 0.3) is 5.91 Å². The number of rotatable bonds is 4. The second-order valence-electron chi connectivity index (χ2n) is 5.93. The number of fused-ring (bicyclic) bond motifs is 1. The summed E-state index contributed by atoms with van der Waals surface area (Å²) in [5.41, 5.74) is 10.5. The van der Waals surface area contributed by atoms with Crippen LogP contribution in [0.2, 0.25) is 0 Å². The van der Waals surface area contributed by atoms with Crippen molar-refractivity contribution < 1.29 is 9.59 Å². The minimum Gasteiger partial charge on any atom is -0.366 e. The standard InChI is InChI=1S/C21H15N3O2/c22-20(26)17-6-3-7-18-19(17)24-21(23-18)14-10-8-13(9-11-14)16-5-2-1-4-15(16)12-25/h1-12H,(H2,22,26)(H,23,24). The minimum atomic E-state index is -0.505. The van der Waals surface area contributed by atoms with Crippen LogP contribution in [0.15, 0.2) is 66.7 Å². The number of para-hydroxylation sites is 1. The van der Waals surface area contributed by atoms with Crippen molar-refractivity contribution in [1.29, 1.82) is 0 Å². The molecule has 0 fully saturated rings. The summed E-state index contributed by atoms with van der Waals surface area (Å²) in [6.45, 7) is 0. The third-order valence-electron chi connectivity index (χ3n) is 4.34. The molecule has 126 valence electrons.